The van der Waals surface area contributed by atoms with Crippen LogP contribution in [0.15, 0.2) is 30.9 Å². The number of hydrogen-bond acceptors (Lipinski definition) is 2. The number of unbranched alkanes of at least 4 members (excludes halogenated alkanes) is 3. The fraction of sp³-hybridized carbons (Fsp3) is 0.471. The SMILES string of the molecule is C=CC(=O)c1ccc(O[C@@H](C)CCCCCC)cc1F. The van der Waals surface area contributed by atoms with Gasteiger partial charge in [-0.3, -0.25) is 4.79 Å². The fourth-order valence-corrected chi connectivity index (χ4v) is 2.03. The van der Waals surface area contributed by atoms with E-state index in [4.69, 9.17) is 4.74 Å². The van der Waals surface area contributed by atoms with E-state index in [-0.39, 0.29) is 11.7 Å². The van der Waals surface area contributed by atoms with Crippen LogP contribution in [0, 0.1) is 5.82 Å². The highest BCUT2D eigenvalue weighted by molar-refractivity contribution is 6.04. The summed E-state index contributed by atoms with van der Waals surface area (Å²) in [5, 5.41) is 0. The summed E-state index contributed by atoms with van der Waals surface area (Å²) in [6, 6.07) is 4.33. The molecule has 3 heteroatoms. The van der Waals surface area contributed by atoms with Gasteiger partial charge in [0.2, 0.25) is 0 Å². The van der Waals surface area contributed by atoms with Gasteiger partial charge in [0.1, 0.15) is 11.6 Å². The molecular weight excluding hydrogens is 255 g/mol. The monoisotopic (exact) mass is 278 g/mol. The van der Waals surface area contributed by atoms with Gasteiger partial charge in [-0.1, -0.05) is 32.8 Å². The van der Waals surface area contributed by atoms with Gasteiger partial charge in [0, 0.05) is 6.07 Å². The molecule has 1 aromatic carbocycles. The number of halogens is 1. The maximum Gasteiger partial charge on any atom is 0.188 e. The second kappa shape index (κ2) is 8.51. The van der Waals surface area contributed by atoms with Crippen LogP contribution in [0.1, 0.15) is 56.3 Å². The molecule has 110 valence electrons. The van der Waals surface area contributed by atoms with E-state index in [1.807, 2.05) is 6.92 Å². The Labute approximate surface area is 120 Å². The molecule has 0 spiro atoms. The third-order valence-electron chi connectivity index (χ3n) is 3.19. The van der Waals surface area contributed by atoms with Gasteiger partial charge in [-0.15, -0.1) is 0 Å². The number of rotatable bonds is 9. The minimum Gasteiger partial charge on any atom is -0.491 e. The summed E-state index contributed by atoms with van der Waals surface area (Å²) in [5.41, 5.74) is 0.0305. The molecule has 0 fully saturated rings. The minimum absolute atomic E-state index is 0.0305. The topological polar surface area (TPSA) is 26.3 Å². The standard InChI is InChI=1S/C17H23FO2/c1-4-6-7-8-9-13(3)20-14-10-11-15(16(18)12-14)17(19)5-2/h5,10-13H,2,4,6-9H2,1,3H3/t13-/m0/s1. The van der Waals surface area contributed by atoms with Crippen LogP contribution in [-0.2, 0) is 0 Å². The van der Waals surface area contributed by atoms with Crippen LogP contribution < -0.4 is 4.74 Å². The van der Waals surface area contributed by atoms with Gasteiger partial charge in [0.25, 0.3) is 0 Å². The zero-order chi connectivity index (χ0) is 15.0. The van der Waals surface area contributed by atoms with Crippen molar-refractivity contribution in [2.75, 3.05) is 0 Å². The van der Waals surface area contributed by atoms with Crippen molar-refractivity contribution in [2.24, 2.45) is 0 Å². The first kappa shape index (κ1) is 16.4. The summed E-state index contributed by atoms with van der Waals surface area (Å²) in [6.45, 7) is 7.50. The molecule has 0 aliphatic carbocycles. The summed E-state index contributed by atoms with van der Waals surface area (Å²) >= 11 is 0. The summed E-state index contributed by atoms with van der Waals surface area (Å²) in [7, 11) is 0. The average molecular weight is 278 g/mol. The number of benzene rings is 1. The number of ketones is 1. The molecule has 0 heterocycles. The van der Waals surface area contributed by atoms with Crippen molar-refractivity contribution in [3.8, 4) is 5.75 Å². The molecule has 0 N–H and O–H groups in total. The summed E-state index contributed by atoms with van der Waals surface area (Å²) in [4.78, 5) is 11.4. The lowest BCUT2D eigenvalue weighted by molar-refractivity contribution is 0.104. The maximum absolute atomic E-state index is 13.7. The maximum atomic E-state index is 13.7. The molecule has 1 rings (SSSR count). The third kappa shape index (κ3) is 5.16. The summed E-state index contributed by atoms with van der Waals surface area (Å²) in [6.07, 6.45) is 6.87. The van der Waals surface area contributed by atoms with Crippen molar-refractivity contribution in [1.82, 2.24) is 0 Å². The molecule has 0 aliphatic rings. The lowest BCUT2D eigenvalue weighted by atomic mass is 10.1. The van der Waals surface area contributed by atoms with Gasteiger partial charge in [-0.25, -0.2) is 4.39 Å². The van der Waals surface area contributed by atoms with Crippen molar-refractivity contribution in [2.45, 2.75) is 52.1 Å². The van der Waals surface area contributed by atoms with Crippen LogP contribution in [0.3, 0.4) is 0 Å². The summed E-state index contributed by atoms with van der Waals surface area (Å²) in [5.74, 6) is -0.515. The Morgan fingerprint density at radius 2 is 2.15 bits per heavy atom. The Hall–Kier alpha value is -1.64. The fourth-order valence-electron chi connectivity index (χ4n) is 2.03. The Bertz CT molecular complexity index is 454. The minimum atomic E-state index is -0.564. The van der Waals surface area contributed by atoms with E-state index >= 15 is 0 Å². The van der Waals surface area contributed by atoms with E-state index in [1.54, 1.807) is 6.07 Å². The lowest BCUT2D eigenvalue weighted by Gasteiger charge is -2.15. The Balaban J connectivity index is 2.54. The molecular formula is C17H23FO2. The Morgan fingerprint density at radius 1 is 1.40 bits per heavy atom. The molecule has 0 aliphatic heterocycles. The number of allylic oxidation sites excluding steroid dienone is 1. The molecule has 0 amide bonds. The average Bonchev–Trinajstić information content (AvgIpc) is 2.43. The second-order valence-corrected chi connectivity index (χ2v) is 4.99. The highest BCUT2D eigenvalue weighted by atomic mass is 19.1. The smallest absolute Gasteiger partial charge is 0.188 e. The van der Waals surface area contributed by atoms with Gasteiger partial charge in [0.05, 0.1) is 11.7 Å². The van der Waals surface area contributed by atoms with Gasteiger partial charge in [-0.05, 0) is 38.0 Å². The molecule has 0 saturated carbocycles. The van der Waals surface area contributed by atoms with Crippen LogP contribution in [0.2, 0.25) is 0 Å². The van der Waals surface area contributed by atoms with Crippen LogP contribution in [0.5, 0.6) is 5.75 Å². The van der Waals surface area contributed by atoms with Crippen LogP contribution in [0.25, 0.3) is 0 Å². The molecule has 0 aromatic heterocycles. The van der Waals surface area contributed by atoms with Gasteiger partial charge >= 0.3 is 0 Å². The van der Waals surface area contributed by atoms with Gasteiger partial charge in [-0.2, -0.15) is 0 Å². The van der Waals surface area contributed by atoms with Crippen molar-refractivity contribution in [3.05, 3.63) is 42.2 Å². The third-order valence-corrected chi connectivity index (χ3v) is 3.19. The van der Waals surface area contributed by atoms with E-state index in [9.17, 15) is 9.18 Å². The molecule has 20 heavy (non-hydrogen) atoms. The number of carbonyl (C=O) groups excluding carboxylic acids is 1. The van der Waals surface area contributed by atoms with Crippen LogP contribution in [0.4, 0.5) is 4.39 Å². The zero-order valence-corrected chi connectivity index (χ0v) is 12.3. The lowest BCUT2D eigenvalue weighted by Crippen LogP contribution is -2.12. The first-order chi connectivity index (χ1) is 9.58. The molecule has 0 bridgehead atoms. The Kier molecular flexibility index (Phi) is 6.99. The quantitative estimate of drug-likeness (QED) is 0.363. The van der Waals surface area contributed by atoms with E-state index in [0.717, 1.165) is 18.9 Å². The highest BCUT2D eigenvalue weighted by Crippen LogP contribution is 2.20. The van der Waals surface area contributed by atoms with Crippen LogP contribution >= 0.6 is 0 Å². The zero-order valence-electron chi connectivity index (χ0n) is 12.3. The van der Waals surface area contributed by atoms with E-state index in [2.05, 4.69) is 13.5 Å². The van der Waals surface area contributed by atoms with Crippen molar-refractivity contribution < 1.29 is 13.9 Å². The predicted octanol–water partition coefficient (Wildman–Crippen LogP) is 4.93. The van der Waals surface area contributed by atoms with Crippen molar-refractivity contribution in [3.63, 3.8) is 0 Å². The molecule has 0 saturated heterocycles. The van der Waals surface area contributed by atoms with Crippen LogP contribution in [-0.4, -0.2) is 11.9 Å². The first-order valence-electron chi connectivity index (χ1n) is 7.21. The molecule has 0 radical (unpaired) electrons. The van der Waals surface area contributed by atoms with Crippen molar-refractivity contribution >= 4 is 5.78 Å². The van der Waals surface area contributed by atoms with E-state index in [0.29, 0.717) is 5.75 Å². The number of ether oxygens (including phenoxy) is 1. The predicted molar refractivity (Wildman–Crippen MR) is 79.8 cm³/mol. The number of carbonyl (C=O) groups is 1. The molecule has 1 atom stereocenters. The van der Waals surface area contributed by atoms with Gasteiger partial charge in [0.15, 0.2) is 5.78 Å². The normalized spacial score (nSPS) is 11.9. The second-order valence-electron chi connectivity index (χ2n) is 4.99. The van der Waals surface area contributed by atoms with E-state index in [1.165, 1.54) is 31.4 Å². The highest BCUT2D eigenvalue weighted by Gasteiger charge is 2.11. The van der Waals surface area contributed by atoms with Crippen molar-refractivity contribution in [1.29, 1.82) is 0 Å². The number of hydrogen-bond donors (Lipinski definition) is 0. The van der Waals surface area contributed by atoms with Gasteiger partial charge < -0.3 is 4.74 Å². The summed E-state index contributed by atoms with van der Waals surface area (Å²) < 4.78 is 19.4. The molecule has 1 aromatic rings. The molecule has 2 nitrogen and oxygen atoms in total. The van der Waals surface area contributed by atoms with E-state index < -0.39 is 11.6 Å². The largest absolute Gasteiger partial charge is 0.491 e. The Morgan fingerprint density at radius 3 is 2.75 bits per heavy atom. The first-order valence-corrected chi connectivity index (χ1v) is 7.21. The molecule has 0 unspecified atom stereocenters.